The predicted octanol–water partition coefficient (Wildman–Crippen LogP) is 0.420. The largest absolute Gasteiger partial charge is 0.455 e. The molecule has 0 fully saturated rings. The van der Waals surface area contributed by atoms with E-state index in [9.17, 15) is 0 Å². The molecule has 0 bridgehead atoms. The fraction of sp³-hybridized carbons (Fsp3) is 0.0588. The first-order valence-electron chi connectivity index (χ1n) is 21.5. The Kier molecular flexibility index (Phi) is 8.06. The molecule has 1 nitrogen and oxygen atoms in total. The van der Waals surface area contributed by atoms with Gasteiger partial charge in [-0.2, -0.15) is 0 Å². The molecule has 0 unspecified atom stereocenters. The number of furan rings is 1. The molecule has 0 radical (unpaired) electrons. The van der Waals surface area contributed by atoms with Gasteiger partial charge < -0.3 is 4.42 Å². The van der Waals surface area contributed by atoms with Gasteiger partial charge in [0.15, 0.2) is 0 Å². The van der Waals surface area contributed by atoms with Crippen molar-refractivity contribution in [2.24, 2.45) is 0 Å². The van der Waals surface area contributed by atoms with Crippen LogP contribution in [-0.4, -0.2) is 62.8 Å². The van der Waals surface area contributed by atoms with Crippen molar-refractivity contribution in [3.63, 3.8) is 0 Å². The van der Waals surface area contributed by atoms with Crippen LogP contribution in [-0.2, 0) is 5.41 Å². The van der Waals surface area contributed by atoms with E-state index < -0.39 is 0 Å². The molecule has 0 amide bonds. The molecule has 10 aromatic rings. The monoisotopic (exact) mass is 758 g/mol. The lowest BCUT2D eigenvalue weighted by Crippen LogP contribution is -2.50. The molecule has 0 N–H and O–H groups in total. The Morgan fingerprint density at radius 2 is 0.900 bits per heavy atom. The summed E-state index contributed by atoms with van der Waals surface area (Å²) >= 11 is 0. The van der Waals surface area contributed by atoms with E-state index in [1.165, 1.54) is 126 Å². The molecule has 0 saturated carbocycles. The van der Waals surface area contributed by atoms with Crippen LogP contribution in [0.1, 0.15) is 25.0 Å². The molecule has 0 spiro atoms. The van der Waals surface area contributed by atoms with Gasteiger partial charge in [-0.3, -0.25) is 0 Å². The fourth-order valence-corrected chi connectivity index (χ4v) is 11.1. The van der Waals surface area contributed by atoms with Crippen LogP contribution in [0.25, 0.3) is 98.8 Å². The van der Waals surface area contributed by atoms with Crippen LogP contribution in [0.3, 0.4) is 0 Å². The third-order valence-corrected chi connectivity index (χ3v) is 15.1. The van der Waals surface area contributed by atoms with Gasteiger partial charge in [0.1, 0.15) is 73.9 Å². The zero-order chi connectivity index (χ0) is 41.5. The van der Waals surface area contributed by atoms with Gasteiger partial charge in [0, 0.05) is 21.6 Å². The zero-order valence-corrected chi connectivity index (χ0v) is 36.5. The number of hydrogen-bond donors (Lipinski definition) is 0. The smallest absolute Gasteiger partial charge is 0.143 e. The van der Waals surface area contributed by atoms with Gasteiger partial charge in [0.2, 0.25) is 0 Å². The first-order chi connectivity index (χ1) is 28.9. The Bertz CT molecular complexity index is 3470. The van der Waals surface area contributed by atoms with Crippen LogP contribution in [0.5, 0.6) is 0 Å². The molecule has 0 atom stereocenters. The lowest BCUT2D eigenvalue weighted by atomic mass is 9.59. The van der Waals surface area contributed by atoms with E-state index in [0.29, 0.717) is 0 Å². The van der Waals surface area contributed by atoms with Gasteiger partial charge in [0.25, 0.3) is 0 Å². The third-order valence-electron chi connectivity index (χ3n) is 15.1. The molecular weight excluding hydrogens is 715 g/mol. The predicted molar refractivity (Wildman–Crippen MR) is 286 cm³/mol. The quantitative estimate of drug-likeness (QED) is 0.189. The van der Waals surface area contributed by atoms with Crippen molar-refractivity contribution in [1.82, 2.24) is 0 Å². The molecule has 1 aliphatic carbocycles. The van der Waals surface area contributed by atoms with Crippen molar-refractivity contribution in [2.45, 2.75) is 19.3 Å². The van der Waals surface area contributed by atoms with E-state index in [0.717, 1.165) is 27.3 Å². The van der Waals surface area contributed by atoms with E-state index in [-0.39, 0.29) is 5.41 Å². The van der Waals surface area contributed by atoms with Crippen LogP contribution in [0, 0.1) is 0 Å². The van der Waals surface area contributed by atoms with Gasteiger partial charge >= 0.3 is 0 Å². The molecule has 9 aromatic carbocycles. The molecule has 11 rings (SSSR count). The second-order valence-electron chi connectivity index (χ2n) is 18.2. The molecule has 1 aliphatic rings. The van der Waals surface area contributed by atoms with Gasteiger partial charge in [-0.1, -0.05) is 133 Å². The van der Waals surface area contributed by atoms with Gasteiger partial charge in [-0.05, 0) is 107 Å². The second-order valence-corrected chi connectivity index (χ2v) is 18.2. The first-order valence-corrected chi connectivity index (χ1v) is 21.5. The highest BCUT2D eigenvalue weighted by atomic mass is 16.3. The summed E-state index contributed by atoms with van der Waals surface area (Å²) in [6, 6.07) is 45.4. The summed E-state index contributed by atoms with van der Waals surface area (Å²) in [4.78, 5) is 0. The molecule has 60 heavy (non-hydrogen) atoms. The van der Waals surface area contributed by atoms with Crippen molar-refractivity contribution in [3.8, 4) is 44.5 Å². The number of benzene rings is 9. The van der Waals surface area contributed by atoms with Gasteiger partial charge in [-0.25, -0.2) is 0 Å². The normalized spacial score (nSPS) is 13.2. The lowest BCUT2D eigenvalue weighted by Gasteiger charge is -2.28. The standard InChI is InChI=1S/C51H42B8O/c1-51(2)33-10-6-5-9-29(33)30-18-16-26(22-34(30)51)23-11-13-25(14-12-23)36-38-40(44(54)48(58)46(56)42(38)52)37(41-39(36)43(53)47(57)49(59)45(41)55)27-17-20-35-32(21-27)31-19-15-24-7-3-4-8-28(24)50(31)60-35/h3-22H,52-59H2,1-2H3. The van der Waals surface area contributed by atoms with Crippen molar-refractivity contribution in [2.75, 3.05) is 0 Å². The second kappa shape index (κ2) is 13.0. The molecular formula is C51H42B8O. The average molecular weight is 757 g/mol. The van der Waals surface area contributed by atoms with Gasteiger partial charge in [0.05, 0.1) is 0 Å². The van der Waals surface area contributed by atoms with E-state index in [2.05, 4.69) is 198 Å². The fourth-order valence-electron chi connectivity index (χ4n) is 11.1. The maximum absolute atomic E-state index is 6.65. The average Bonchev–Trinajstić information content (AvgIpc) is 3.76. The zero-order valence-electron chi connectivity index (χ0n) is 36.5. The van der Waals surface area contributed by atoms with Crippen molar-refractivity contribution < 1.29 is 4.42 Å². The SMILES string of the molecule is Bc1c(B)c(B)c2c(-c3ccc4oc5c6ccccc6ccc5c4c3)c3c(B)c(B)c(B)c(B)c3c(-c3ccc(-c4ccc5c(c4)C(C)(C)c4ccccc4-5)cc3)c2c1B. The van der Waals surface area contributed by atoms with Crippen molar-refractivity contribution in [3.05, 3.63) is 132 Å². The lowest BCUT2D eigenvalue weighted by molar-refractivity contribution is 0.660. The van der Waals surface area contributed by atoms with Crippen LogP contribution in [0.4, 0.5) is 0 Å². The Morgan fingerprint density at radius 3 is 1.55 bits per heavy atom. The van der Waals surface area contributed by atoms with Crippen LogP contribution in [0.2, 0.25) is 0 Å². The minimum atomic E-state index is -0.0399. The summed E-state index contributed by atoms with van der Waals surface area (Å²) in [5, 5.41) is 10.1. The molecule has 276 valence electrons. The molecule has 0 aliphatic heterocycles. The Labute approximate surface area is 359 Å². The first kappa shape index (κ1) is 37.1. The summed E-state index contributed by atoms with van der Waals surface area (Å²) in [5.41, 5.74) is 25.9. The molecule has 0 saturated heterocycles. The van der Waals surface area contributed by atoms with E-state index in [1.54, 1.807) is 0 Å². The Hall–Kier alpha value is -5.92. The van der Waals surface area contributed by atoms with Crippen LogP contribution >= 0.6 is 0 Å². The Morgan fingerprint density at radius 1 is 0.383 bits per heavy atom. The summed E-state index contributed by atoms with van der Waals surface area (Å²) in [5.74, 6) is 0. The maximum Gasteiger partial charge on any atom is 0.143 e. The molecule has 1 heterocycles. The molecule has 9 heteroatoms. The molecule has 1 aromatic heterocycles. The van der Waals surface area contributed by atoms with Crippen molar-refractivity contribution >= 4 is 161 Å². The van der Waals surface area contributed by atoms with Crippen LogP contribution in [0.15, 0.2) is 126 Å². The number of rotatable bonds is 3. The third kappa shape index (κ3) is 4.99. The van der Waals surface area contributed by atoms with E-state index >= 15 is 0 Å². The number of fused-ring (bicyclic) bond motifs is 10. The van der Waals surface area contributed by atoms with Crippen LogP contribution < -0.4 is 43.7 Å². The summed E-state index contributed by atoms with van der Waals surface area (Å²) < 4.78 is 6.65. The van der Waals surface area contributed by atoms with E-state index in [1.807, 2.05) is 0 Å². The minimum absolute atomic E-state index is 0.0399. The highest BCUT2D eigenvalue weighted by molar-refractivity contribution is 6.71. The Balaban J connectivity index is 1.19. The highest BCUT2D eigenvalue weighted by Crippen LogP contribution is 2.50. The van der Waals surface area contributed by atoms with Crippen molar-refractivity contribution in [1.29, 1.82) is 0 Å². The van der Waals surface area contributed by atoms with E-state index in [4.69, 9.17) is 4.42 Å². The summed E-state index contributed by atoms with van der Waals surface area (Å²) in [6.07, 6.45) is 0. The number of hydrogen-bond acceptors (Lipinski definition) is 1. The topological polar surface area (TPSA) is 13.1 Å². The summed E-state index contributed by atoms with van der Waals surface area (Å²) in [7, 11) is 18.6. The van der Waals surface area contributed by atoms with Gasteiger partial charge in [-0.15, -0.1) is 21.9 Å². The summed E-state index contributed by atoms with van der Waals surface area (Å²) in [6.45, 7) is 4.73. The minimum Gasteiger partial charge on any atom is -0.455 e. The maximum atomic E-state index is 6.65. The highest BCUT2D eigenvalue weighted by Gasteiger charge is 2.35.